The number of hydrogen-bond acceptors (Lipinski definition) is 4. The second-order valence-electron chi connectivity index (χ2n) is 6.86. The van der Waals surface area contributed by atoms with Crippen molar-refractivity contribution in [2.45, 2.75) is 57.3 Å². The molecule has 0 aromatic heterocycles. The van der Waals surface area contributed by atoms with E-state index in [1.54, 1.807) is 0 Å². The Morgan fingerprint density at radius 2 is 2.14 bits per heavy atom. The van der Waals surface area contributed by atoms with E-state index in [2.05, 4.69) is 11.8 Å². The zero-order valence-corrected chi connectivity index (χ0v) is 13.1. The molecule has 2 N–H and O–H groups in total. The number of likely N-dealkylation sites (tertiary alicyclic amines) is 1. The first kappa shape index (κ1) is 15.3. The second kappa shape index (κ2) is 6.23. The number of hydrogen-bond donors (Lipinski definition) is 1. The molecule has 0 bridgehead atoms. The Hall–Kier alpha value is -0.650. The van der Waals surface area contributed by atoms with Gasteiger partial charge in [-0.15, -0.1) is 0 Å². The summed E-state index contributed by atoms with van der Waals surface area (Å²) in [6, 6.07) is 0.575. The van der Waals surface area contributed by atoms with Crippen LogP contribution in [0.2, 0.25) is 0 Å². The lowest BCUT2D eigenvalue weighted by atomic mass is 9.72. The summed E-state index contributed by atoms with van der Waals surface area (Å²) in [5, 5.41) is 0. The van der Waals surface area contributed by atoms with Gasteiger partial charge in [-0.25, -0.2) is 0 Å². The fourth-order valence-electron chi connectivity index (χ4n) is 4.40. The molecule has 1 saturated carbocycles. The van der Waals surface area contributed by atoms with E-state index in [0.717, 1.165) is 38.8 Å². The highest BCUT2D eigenvalue weighted by Gasteiger charge is 2.49. The first-order valence-electron chi connectivity index (χ1n) is 8.45. The maximum Gasteiger partial charge on any atom is 0.221 e. The molecule has 1 amide bonds. The normalized spacial score (nSPS) is 35.8. The summed E-state index contributed by atoms with van der Waals surface area (Å²) >= 11 is 0. The zero-order valence-electron chi connectivity index (χ0n) is 13.1. The molecule has 120 valence electrons. The van der Waals surface area contributed by atoms with Crippen LogP contribution in [0.4, 0.5) is 0 Å². The fourth-order valence-corrected chi connectivity index (χ4v) is 4.40. The number of unbranched alkanes of at least 4 members (excludes halogenated alkanes) is 1. The van der Waals surface area contributed by atoms with Gasteiger partial charge in [-0.2, -0.15) is 0 Å². The van der Waals surface area contributed by atoms with Gasteiger partial charge in [0.15, 0.2) is 5.79 Å². The topological polar surface area (TPSA) is 64.8 Å². The molecule has 5 heteroatoms. The SMILES string of the molecule is CCCCN1C[C@H](C(N)=O)C[C@@H]2CC3(CC[C@H]21)OCCO3. The van der Waals surface area contributed by atoms with Crippen LogP contribution in [0.3, 0.4) is 0 Å². The van der Waals surface area contributed by atoms with Crippen molar-refractivity contribution in [2.75, 3.05) is 26.3 Å². The summed E-state index contributed by atoms with van der Waals surface area (Å²) in [5.41, 5.74) is 5.60. The molecule has 1 spiro atoms. The van der Waals surface area contributed by atoms with Crippen molar-refractivity contribution in [3.63, 3.8) is 0 Å². The van der Waals surface area contributed by atoms with Crippen molar-refractivity contribution >= 4 is 5.91 Å². The van der Waals surface area contributed by atoms with E-state index in [-0.39, 0.29) is 17.6 Å². The molecule has 0 aromatic rings. The number of piperidine rings is 1. The highest BCUT2D eigenvalue weighted by atomic mass is 16.7. The lowest BCUT2D eigenvalue weighted by Gasteiger charge is -2.50. The van der Waals surface area contributed by atoms with Crippen LogP contribution in [0, 0.1) is 11.8 Å². The van der Waals surface area contributed by atoms with Gasteiger partial charge in [-0.3, -0.25) is 9.69 Å². The summed E-state index contributed by atoms with van der Waals surface area (Å²) in [6.07, 6.45) is 6.29. The van der Waals surface area contributed by atoms with E-state index in [1.165, 1.54) is 12.8 Å². The largest absolute Gasteiger partial charge is 0.369 e. The summed E-state index contributed by atoms with van der Waals surface area (Å²) in [7, 11) is 0. The Bertz CT molecular complexity index is 382. The Kier molecular flexibility index (Phi) is 4.52. The third-order valence-electron chi connectivity index (χ3n) is 5.46. The standard InChI is InChI=1S/C16H28N2O3/c1-2-3-6-18-11-13(15(17)19)9-12-10-16(5-4-14(12)18)20-7-8-21-16/h12-14H,2-11H2,1H3,(H2,17,19)/t12-,13-,14-/m1/s1. The molecular formula is C16H28N2O3. The zero-order chi connectivity index (χ0) is 14.9. The molecule has 0 aromatic carbocycles. The van der Waals surface area contributed by atoms with Crippen molar-refractivity contribution in [3.8, 4) is 0 Å². The van der Waals surface area contributed by atoms with Crippen molar-refractivity contribution in [3.05, 3.63) is 0 Å². The summed E-state index contributed by atoms with van der Waals surface area (Å²) in [6.45, 7) is 5.54. The van der Waals surface area contributed by atoms with Crippen molar-refractivity contribution < 1.29 is 14.3 Å². The van der Waals surface area contributed by atoms with Gasteiger partial charge in [-0.1, -0.05) is 13.3 Å². The molecule has 2 heterocycles. The maximum atomic E-state index is 11.7. The molecule has 3 atom stereocenters. The number of rotatable bonds is 4. The average molecular weight is 296 g/mol. The first-order chi connectivity index (χ1) is 10.1. The number of nitrogens with two attached hydrogens (primary N) is 1. The lowest BCUT2D eigenvalue weighted by molar-refractivity contribution is -0.203. The minimum absolute atomic E-state index is 0.0142. The minimum atomic E-state index is -0.364. The Labute approximate surface area is 127 Å². The lowest BCUT2D eigenvalue weighted by Crippen LogP contribution is -2.56. The molecule has 3 rings (SSSR count). The molecule has 0 radical (unpaired) electrons. The Balaban J connectivity index is 1.71. The molecule has 3 fully saturated rings. The van der Waals surface area contributed by atoms with Gasteiger partial charge in [-0.05, 0) is 31.7 Å². The monoisotopic (exact) mass is 296 g/mol. The van der Waals surface area contributed by atoms with Crippen LogP contribution in [-0.4, -0.2) is 48.9 Å². The van der Waals surface area contributed by atoms with E-state index < -0.39 is 0 Å². The van der Waals surface area contributed by atoms with Gasteiger partial charge in [0.25, 0.3) is 0 Å². The van der Waals surface area contributed by atoms with Crippen LogP contribution in [0.25, 0.3) is 0 Å². The smallest absolute Gasteiger partial charge is 0.221 e. The second-order valence-corrected chi connectivity index (χ2v) is 6.86. The fraction of sp³-hybridized carbons (Fsp3) is 0.938. The van der Waals surface area contributed by atoms with E-state index in [4.69, 9.17) is 15.2 Å². The molecule has 5 nitrogen and oxygen atoms in total. The predicted molar refractivity (Wildman–Crippen MR) is 79.5 cm³/mol. The maximum absolute atomic E-state index is 11.7. The minimum Gasteiger partial charge on any atom is -0.369 e. The average Bonchev–Trinajstić information content (AvgIpc) is 2.91. The molecular weight excluding hydrogens is 268 g/mol. The summed E-state index contributed by atoms with van der Waals surface area (Å²) < 4.78 is 11.8. The van der Waals surface area contributed by atoms with Crippen molar-refractivity contribution in [1.82, 2.24) is 4.90 Å². The number of nitrogens with zero attached hydrogens (tertiary/aromatic N) is 1. The molecule has 2 saturated heterocycles. The van der Waals surface area contributed by atoms with Crippen LogP contribution in [-0.2, 0) is 14.3 Å². The van der Waals surface area contributed by atoms with Crippen LogP contribution in [0.5, 0.6) is 0 Å². The quantitative estimate of drug-likeness (QED) is 0.854. The van der Waals surface area contributed by atoms with E-state index in [9.17, 15) is 4.79 Å². The Morgan fingerprint density at radius 3 is 2.81 bits per heavy atom. The van der Waals surface area contributed by atoms with Crippen LogP contribution < -0.4 is 5.73 Å². The number of amides is 1. The molecule has 21 heavy (non-hydrogen) atoms. The van der Waals surface area contributed by atoms with Crippen molar-refractivity contribution in [1.29, 1.82) is 0 Å². The van der Waals surface area contributed by atoms with Gasteiger partial charge < -0.3 is 15.2 Å². The number of primary amides is 1. The van der Waals surface area contributed by atoms with Crippen LogP contribution >= 0.6 is 0 Å². The number of ether oxygens (including phenoxy) is 2. The van der Waals surface area contributed by atoms with Gasteiger partial charge in [0.1, 0.15) is 0 Å². The Morgan fingerprint density at radius 1 is 1.38 bits per heavy atom. The molecule has 3 aliphatic rings. The molecule has 0 unspecified atom stereocenters. The van der Waals surface area contributed by atoms with Crippen LogP contribution in [0.15, 0.2) is 0 Å². The van der Waals surface area contributed by atoms with Crippen LogP contribution in [0.1, 0.15) is 45.4 Å². The first-order valence-corrected chi connectivity index (χ1v) is 8.45. The van der Waals surface area contributed by atoms with E-state index in [1.807, 2.05) is 0 Å². The number of carbonyl (C=O) groups is 1. The molecule has 1 aliphatic carbocycles. The predicted octanol–water partition coefficient (Wildman–Crippen LogP) is 1.51. The van der Waals surface area contributed by atoms with Gasteiger partial charge in [0.2, 0.25) is 5.91 Å². The van der Waals surface area contributed by atoms with E-state index in [0.29, 0.717) is 25.2 Å². The van der Waals surface area contributed by atoms with Gasteiger partial charge >= 0.3 is 0 Å². The van der Waals surface area contributed by atoms with Gasteiger partial charge in [0.05, 0.1) is 19.1 Å². The number of fused-ring (bicyclic) bond motifs is 1. The summed E-state index contributed by atoms with van der Waals surface area (Å²) in [4.78, 5) is 14.2. The molecule has 2 aliphatic heterocycles. The van der Waals surface area contributed by atoms with Crippen molar-refractivity contribution in [2.24, 2.45) is 17.6 Å². The van der Waals surface area contributed by atoms with Gasteiger partial charge in [0, 0.05) is 25.4 Å². The third kappa shape index (κ3) is 3.10. The van der Waals surface area contributed by atoms with E-state index >= 15 is 0 Å². The highest BCUT2D eigenvalue weighted by Crippen LogP contribution is 2.45. The third-order valence-corrected chi connectivity index (χ3v) is 5.46. The summed E-state index contributed by atoms with van der Waals surface area (Å²) in [5.74, 6) is -0.0561. The number of carbonyl (C=O) groups excluding carboxylic acids is 1. The highest BCUT2D eigenvalue weighted by molar-refractivity contribution is 5.77.